The van der Waals surface area contributed by atoms with Crippen LogP contribution in [0.3, 0.4) is 0 Å². The van der Waals surface area contributed by atoms with Crippen molar-refractivity contribution in [2.75, 3.05) is 37.6 Å². The van der Waals surface area contributed by atoms with Gasteiger partial charge in [-0.3, -0.25) is 9.69 Å². The molecule has 1 N–H and O–H groups in total. The molecule has 1 aliphatic heterocycles. The number of ketones is 1. The number of halogens is 1. The van der Waals surface area contributed by atoms with Crippen LogP contribution in [0.15, 0.2) is 48.5 Å². The molecule has 3 rings (SSSR count). The van der Waals surface area contributed by atoms with Crippen molar-refractivity contribution >= 4 is 11.5 Å². The summed E-state index contributed by atoms with van der Waals surface area (Å²) >= 11 is 0. The quantitative estimate of drug-likeness (QED) is 0.849. The number of aliphatic hydroxyl groups excluding tert-OH is 1. The smallest absolute Gasteiger partial charge is 0.159 e. The first kappa shape index (κ1) is 17.6. The number of hydrogen-bond acceptors (Lipinski definition) is 4. The average molecular weight is 342 g/mol. The molecular weight excluding hydrogens is 319 g/mol. The lowest BCUT2D eigenvalue weighted by molar-refractivity contribution is 0.101. The molecule has 0 saturated carbocycles. The molecular formula is C20H23FN2O2. The van der Waals surface area contributed by atoms with Crippen molar-refractivity contribution in [2.45, 2.75) is 13.0 Å². The minimum absolute atomic E-state index is 0.0751. The van der Waals surface area contributed by atoms with E-state index < -0.39 is 6.10 Å². The molecule has 1 heterocycles. The van der Waals surface area contributed by atoms with Crippen molar-refractivity contribution in [1.29, 1.82) is 0 Å². The molecule has 5 heteroatoms. The van der Waals surface area contributed by atoms with Crippen molar-refractivity contribution in [1.82, 2.24) is 4.90 Å². The lowest BCUT2D eigenvalue weighted by atomic mass is 10.1. The van der Waals surface area contributed by atoms with E-state index in [1.165, 1.54) is 12.1 Å². The standard InChI is InChI=1S/C20H23FN2O2/c1-15(24)16-4-8-19(9-5-16)23-12-10-22(11-13-23)14-20(25)17-2-6-18(21)7-3-17/h2-9,20,25H,10-14H2,1H3/t20-/m1/s1. The summed E-state index contributed by atoms with van der Waals surface area (Å²) in [4.78, 5) is 15.8. The topological polar surface area (TPSA) is 43.8 Å². The van der Waals surface area contributed by atoms with Gasteiger partial charge in [0, 0.05) is 44.0 Å². The molecule has 0 radical (unpaired) electrons. The first-order chi connectivity index (χ1) is 12.0. The van der Waals surface area contributed by atoms with Crippen LogP contribution in [0.4, 0.5) is 10.1 Å². The number of carbonyl (C=O) groups excluding carboxylic acids is 1. The van der Waals surface area contributed by atoms with Gasteiger partial charge in [0.05, 0.1) is 6.10 Å². The fourth-order valence-electron chi connectivity index (χ4n) is 3.13. The Balaban J connectivity index is 1.53. The molecule has 4 nitrogen and oxygen atoms in total. The third-order valence-electron chi connectivity index (χ3n) is 4.70. The van der Waals surface area contributed by atoms with Crippen LogP contribution in [0.5, 0.6) is 0 Å². The number of carbonyl (C=O) groups is 1. The zero-order valence-electron chi connectivity index (χ0n) is 14.4. The van der Waals surface area contributed by atoms with Gasteiger partial charge in [-0.2, -0.15) is 0 Å². The predicted octanol–water partition coefficient (Wildman–Crippen LogP) is 2.88. The molecule has 132 valence electrons. The largest absolute Gasteiger partial charge is 0.387 e. The van der Waals surface area contributed by atoms with Gasteiger partial charge in [-0.1, -0.05) is 12.1 Å². The van der Waals surface area contributed by atoms with E-state index in [-0.39, 0.29) is 11.6 Å². The van der Waals surface area contributed by atoms with Crippen LogP contribution < -0.4 is 4.90 Å². The zero-order chi connectivity index (χ0) is 17.8. The number of piperazine rings is 1. The first-order valence-electron chi connectivity index (χ1n) is 8.55. The van der Waals surface area contributed by atoms with E-state index in [9.17, 15) is 14.3 Å². The van der Waals surface area contributed by atoms with E-state index in [4.69, 9.17) is 0 Å². The highest BCUT2D eigenvalue weighted by molar-refractivity contribution is 5.94. The number of benzene rings is 2. The number of aliphatic hydroxyl groups is 1. The van der Waals surface area contributed by atoms with Crippen LogP contribution in [0, 0.1) is 5.82 Å². The Morgan fingerprint density at radius 2 is 1.64 bits per heavy atom. The Morgan fingerprint density at radius 1 is 1.04 bits per heavy atom. The Kier molecular flexibility index (Phi) is 5.46. The van der Waals surface area contributed by atoms with Crippen LogP contribution in [-0.4, -0.2) is 48.5 Å². The number of rotatable bonds is 5. The minimum atomic E-state index is -0.609. The van der Waals surface area contributed by atoms with Gasteiger partial charge in [0.25, 0.3) is 0 Å². The van der Waals surface area contributed by atoms with Gasteiger partial charge in [0.1, 0.15) is 5.82 Å². The maximum Gasteiger partial charge on any atom is 0.159 e. The second-order valence-electron chi connectivity index (χ2n) is 6.46. The Morgan fingerprint density at radius 3 is 2.20 bits per heavy atom. The van der Waals surface area contributed by atoms with Crippen molar-refractivity contribution < 1.29 is 14.3 Å². The van der Waals surface area contributed by atoms with Crippen LogP contribution in [0.1, 0.15) is 28.9 Å². The number of anilines is 1. The van der Waals surface area contributed by atoms with Gasteiger partial charge in [0.15, 0.2) is 5.78 Å². The van der Waals surface area contributed by atoms with E-state index in [0.717, 1.165) is 43.0 Å². The normalized spacial score (nSPS) is 16.7. The van der Waals surface area contributed by atoms with E-state index in [0.29, 0.717) is 6.54 Å². The third-order valence-corrected chi connectivity index (χ3v) is 4.70. The summed E-state index contributed by atoms with van der Waals surface area (Å²) in [6.07, 6.45) is -0.609. The summed E-state index contributed by atoms with van der Waals surface area (Å²) < 4.78 is 13.0. The highest BCUT2D eigenvalue weighted by Crippen LogP contribution is 2.20. The molecule has 0 bridgehead atoms. The molecule has 0 spiro atoms. The SMILES string of the molecule is CC(=O)c1ccc(N2CCN(C[C@@H](O)c3ccc(F)cc3)CC2)cc1. The summed E-state index contributed by atoms with van der Waals surface area (Å²) in [5.74, 6) is -0.216. The van der Waals surface area contributed by atoms with Gasteiger partial charge in [-0.25, -0.2) is 4.39 Å². The number of β-amino-alcohol motifs (C(OH)–C–C–N with tert-alkyl or cyclic N) is 1. The lowest BCUT2D eigenvalue weighted by Crippen LogP contribution is -2.47. The van der Waals surface area contributed by atoms with Crippen molar-refractivity contribution in [3.63, 3.8) is 0 Å². The molecule has 1 fully saturated rings. The molecule has 0 unspecified atom stereocenters. The molecule has 25 heavy (non-hydrogen) atoms. The van der Waals surface area contributed by atoms with Gasteiger partial charge >= 0.3 is 0 Å². The minimum Gasteiger partial charge on any atom is -0.387 e. The molecule has 0 amide bonds. The van der Waals surface area contributed by atoms with Crippen molar-refractivity contribution in [3.8, 4) is 0 Å². The average Bonchev–Trinajstić information content (AvgIpc) is 2.63. The zero-order valence-corrected chi connectivity index (χ0v) is 14.4. The van der Waals surface area contributed by atoms with E-state index in [2.05, 4.69) is 9.80 Å². The second kappa shape index (κ2) is 7.76. The van der Waals surface area contributed by atoms with Gasteiger partial charge < -0.3 is 10.0 Å². The summed E-state index contributed by atoms with van der Waals surface area (Å²) in [6.45, 7) is 5.56. The van der Waals surface area contributed by atoms with Gasteiger partial charge in [-0.05, 0) is 48.9 Å². The van der Waals surface area contributed by atoms with E-state index in [1.54, 1.807) is 19.1 Å². The second-order valence-corrected chi connectivity index (χ2v) is 6.46. The van der Waals surface area contributed by atoms with Gasteiger partial charge in [0.2, 0.25) is 0 Å². The summed E-state index contributed by atoms with van der Waals surface area (Å²) in [7, 11) is 0. The molecule has 2 aromatic carbocycles. The van der Waals surface area contributed by atoms with Crippen LogP contribution in [0.25, 0.3) is 0 Å². The highest BCUT2D eigenvalue weighted by atomic mass is 19.1. The molecule has 2 aromatic rings. The summed E-state index contributed by atoms with van der Waals surface area (Å²) in [6, 6.07) is 13.7. The number of hydrogen-bond donors (Lipinski definition) is 1. The third kappa shape index (κ3) is 4.44. The molecule has 1 atom stereocenters. The fourth-order valence-corrected chi connectivity index (χ4v) is 3.13. The maximum atomic E-state index is 13.0. The van der Waals surface area contributed by atoms with E-state index in [1.807, 2.05) is 24.3 Å². The van der Waals surface area contributed by atoms with Crippen molar-refractivity contribution in [3.05, 3.63) is 65.5 Å². The van der Waals surface area contributed by atoms with Crippen LogP contribution >= 0.6 is 0 Å². The Hall–Kier alpha value is -2.24. The van der Waals surface area contributed by atoms with Crippen molar-refractivity contribution in [2.24, 2.45) is 0 Å². The van der Waals surface area contributed by atoms with E-state index >= 15 is 0 Å². The molecule has 0 aromatic heterocycles. The maximum absolute atomic E-state index is 13.0. The summed E-state index contributed by atoms with van der Waals surface area (Å²) in [5, 5.41) is 10.3. The molecule has 1 saturated heterocycles. The monoisotopic (exact) mass is 342 g/mol. The Labute approximate surface area is 147 Å². The first-order valence-corrected chi connectivity index (χ1v) is 8.55. The van der Waals surface area contributed by atoms with Gasteiger partial charge in [-0.15, -0.1) is 0 Å². The van der Waals surface area contributed by atoms with Crippen LogP contribution in [-0.2, 0) is 0 Å². The Bertz CT molecular complexity index is 707. The fraction of sp³-hybridized carbons (Fsp3) is 0.350. The highest BCUT2D eigenvalue weighted by Gasteiger charge is 2.20. The number of nitrogens with zero attached hydrogens (tertiary/aromatic N) is 2. The van der Waals surface area contributed by atoms with Crippen LogP contribution in [0.2, 0.25) is 0 Å². The summed E-state index contributed by atoms with van der Waals surface area (Å²) in [5.41, 5.74) is 2.58. The molecule has 0 aliphatic carbocycles. The molecule has 1 aliphatic rings. The predicted molar refractivity (Wildman–Crippen MR) is 96.5 cm³/mol. The number of Topliss-reactive ketones (excluding diaryl/α,β-unsaturated/α-hetero) is 1. The lowest BCUT2D eigenvalue weighted by Gasteiger charge is -2.37.